The van der Waals surface area contributed by atoms with Gasteiger partial charge in [0.25, 0.3) is 5.91 Å². The Labute approximate surface area is 178 Å². The number of carbonyl (C=O) groups excluding carboxylic acids is 1. The fourth-order valence-electron chi connectivity index (χ4n) is 3.55. The van der Waals surface area contributed by atoms with Crippen LogP contribution in [0.5, 0.6) is 0 Å². The lowest BCUT2D eigenvalue weighted by atomic mass is 10.1. The van der Waals surface area contributed by atoms with Crippen LogP contribution in [0.1, 0.15) is 47.4 Å². The molecule has 2 aromatic rings. The van der Waals surface area contributed by atoms with Gasteiger partial charge in [-0.3, -0.25) is 9.89 Å². The van der Waals surface area contributed by atoms with Gasteiger partial charge in [0.05, 0.1) is 0 Å². The van der Waals surface area contributed by atoms with Gasteiger partial charge in [-0.15, -0.1) is 0 Å². The lowest BCUT2D eigenvalue weighted by Gasteiger charge is -2.27. The standard InChI is InChI=1S/C20H25ClF3N5O/c21-15-6-5-7-16(25)14(15)13-29(11-10-28-8-3-1-2-4-9-28)19(30)17-12-18(27-26-17)20(22,23)24/h5-7,12H,1-4,8-11,13,25H2,(H,26,27). The monoisotopic (exact) mass is 443 g/mol. The average Bonchev–Trinajstić information content (AvgIpc) is 3.06. The Kier molecular flexibility index (Phi) is 7.25. The fourth-order valence-corrected chi connectivity index (χ4v) is 3.79. The minimum atomic E-state index is -4.60. The van der Waals surface area contributed by atoms with Gasteiger partial charge in [0.15, 0.2) is 5.69 Å². The molecular formula is C20H25ClF3N5O. The molecule has 3 rings (SSSR count). The summed E-state index contributed by atoms with van der Waals surface area (Å²) in [5.74, 6) is -0.601. The van der Waals surface area contributed by atoms with Crippen molar-refractivity contribution in [1.82, 2.24) is 20.0 Å². The number of nitrogens with one attached hydrogen (secondary N) is 1. The van der Waals surface area contributed by atoms with Crippen molar-refractivity contribution in [2.75, 3.05) is 31.9 Å². The number of nitrogen functional groups attached to an aromatic ring is 1. The molecule has 6 nitrogen and oxygen atoms in total. The van der Waals surface area contributed by atoms with E-state index in [9.17, 15) is 18.0 Å². The molecule has 0 unspecified atom stereocenters. The van der Waals surface area contributed by atoms with E-state index in [1.807, 2.05) is 5.10 Å². The predicted molar refractivity (Wildman–Crippen MR) is 109 cm³/mol. The number of amides is 1. The maximum atomic E-state index is 13.0. The summed E-state index contributed by atoms with van der Waals surface area (Å²) in [5.41, 5.74) is 5.67. The van der Waals surface area contributed by atoms with Gasteiger partial charge in [-0.2, -0.15) is 18.3 Å². The second-order valence-corrected chi connectivity index (χ2v) is 7.86. The molecule has 0 radical (unpaired) electrons. The van der Waals surface area contributed by atoms with E-state index < -0.39 is 17.8 Å². The first-order valence-corrected chi connectivity index (χ1v) is 10.3. The zero-order chi connectivity index (χ0) is 21.7. The van der Waals surface area contributed by atoms with Crippen LogP contribution in [-0.4, -0.2) is 52.1 Å². The number of halogens is 4. The summed E-state index contributed by atoms with van der Waals surface area (Å²) in [6, 6.07) is 5.78. The number of benzene rings is 1. The van der Waals surface area contributed by atoms with E-state index in [0.29, 0.717) is 29.4 Å². The van der Waals surface area contributed by atoms with E-state index in [4.69, 9.17) is 17.3 Å². The molecule has 2 heterocycles. The molecule has 1 aliphatic heterocycles. The lowest BCUT2D eigenvalue weighted by Crippen LogP contribution is -2.39. The predicted octanol–water partition coefficient (Wildman–Crippen LogP) is 4.18. The minimum Gasteiger partial charge on any atom is -0.398 e. The van der Waals surface area contributed by atoms with Crippen molar-refractivity contribution in [2.45, 2.75) is 38.4 Å². The van der Waals surface area contributed by atoms with Gasteiger partial charge >= 0.3 is 6.18 Å². The van der Waals surface area contributed by atoms with Gasteiger partial charge in [0.2, 0.25) is 0 Å². The number of hydrogen-bond acceptors (Lipinski definition) is 4. The Balaban J connectivity index is 1.80. The van der Waals surface area contributed by atoms with Crippen LogP contribution in [0.4, 0.5) is 18.9 Å². The molecule has 1 saturated heterocycles. The van der Waals surface area contributed by atoms with Crippen molar-refractivity contribution < 1.29 is 18.0 Å². The molecule has 164 valence electrons. The quantitative estimate of drug-likeness (QED) is 0.656. The summed E-state index contributed by atoms with van der Waals surface area (Å²) >= 11 is 6.26. The molecule has 0 aliphatic carbocycles. The zero-order valence-corrected chi connectivity index (χ0v) is 17.3. The number of aromatic amines is 1. The number of nitrogens with two attached hydrogens (primary N) is 1. The van der Waals surface area contributed by atoms with Crippen LogP contribution in [0.3, 0.4) is 0 Å². The number of aromatic nitrogens is 2. The van der Waals surface area contributed by atoms with Gasteiger partial charge in [0, 0.05) is 42.0 Å². The number of carbonyl (C=O) groups is 1. The molecule has 1 amide bonds. The third kappa shape index (κ3) is 5.66. The summed E-state index contributed by atoms with van der Waals surface area (Å²) in [6.07, 6.45) is -0.0411. The highest BCUT2D eigenvalue weighted by Gasteiger charge is 2.34. The first-order valence-electron chi connectivity index (χ1n) is 9.93. The van der Waals surface area contributed by atoms with Gasteiger partial charge in [0.1, 0.15) is 5.69 Å². The number of likely N-dealkylation sites (tertiary alicyclic amines) is 1. The highest BCUT2D eigenvalue weighted by atomic mass is 35.5. The van der Waals surface area contributed by atoms with Crippen molar-refractivity contribution in [2.24, 2.45) is 0 Å². The first kappa shape index (κ1) is 22.4. The number of H-pyrrole nitrogens is 1. The number of anilines is 1. The molecule has 1 aromatic carbocycles. The molecule has 1 aromatic heterocycles. The molecule has 3 N–H and O–H groups in total. The summed E-state index contributed by atoms with van der Waals surface area (Å²) in [6.45, 7) is 2.92. The Morgan fingerprint density at radius 2 is 1.93 bits per heavy atom. The van der Waals surface area contributed by atoms with Crippen LogP contribution in [0.25, 0.3) is 0 Å². The van der Waals surface area contributed by atoms with E-state index in [2.05, 4.69) is 10.00 Å². The molecule has 1 fully saturated rings. The summed E-state index contributed by atoms with van der Waals surface area (Å²) in [7, 11) is 0. The van der Waals surface area contributed by atoms with E-state index in [1.54, 1.807) is 18.2 Å². The van der Waals surface area contributed by atoms with Crippen LogP contribution < -0.4 is 5.73 Å². The van der Waals surface area contributed by atoms with Gasteiger partial charge < -0.3 is 15.5 Å². The third-order valence-corrected chi connectivity index (χ3v) is 5.63. The summed E-state index contributed by atoms with van der Waals surface area (Å²) in [5, 5.41) is 5.89. The second-order valence-electron chi connectivity index (χ2n) is 7.45. The largest absolute Gasteiger partial charge is 0.432 e. The number of rotatable bonds is 6. The molecule has 0 bridgehead atoms. The fraction of sp³-hybridized carbons (Fsp3) is 0.500. The van der Waals surface area contributed by atoms with Crippen molar-refractivity contribution in [3.05, 3.63) is 46.2 Å². The number of nitrogens with zero attached hydrogens (tertiary/aromatic N) is 3. The highest BCUT2D eigenvalue weighted by Crippen LogP contribution is 2.28. The third-order valence-electron chi connectivity index (χ3n) is 5.28. The Morgan fingerprint density at radius 1 is 1.23 bits per heavy atom. The summed E-state index contributed by atoms with van der Waals surface area (Å²) in [4.78, 5) is 16.8. The molecule has 30 heavy (non-hydrogen) atoms. The van der Waals surface area contributed by atoms with E-state index in [0.717, 1.165) is 32.0 Å². The maximum Gasteiger partial charge on any atom is 0.432 e. The Bertz CT molecular complexity index is 842. The van der Waals surface area contributed by atoms with Crippen molar-refractivity contribution in [1.29, 1.82) is 0 Å². The van der Waals surface area contributed by atoms with E-state index in [1.165, 1.54) is 17.7 Å². The normalized spacial score (nSPS) is 15.7. The Morgan fingerprint density at radius 3 is 2.53 bits per heavy atom. The van der Waals surface area contributed by atoms with Gasteiger partial charge in [-0.05, 0) is 38.1 Å². The van der Waals surface area contributed by atoms with Crippen LogP contribution in [-0.2, 0) is 12.7 Å². The topological polar surface area (TPSA) is 78.2 Å². The van der Waals surface area contributed by atoms with E-state index in [-0.39, 0.29) is 12.2 Å². The number of hydrogen-bond donors (Lipinski definition) is 2. The molecule has 0 atom stereocenters. The minimum absolute atomic E-state index is 0.0897. The Hall–Kier alpha value is -2.26. The summed E-state index contributed by atoms with van der Waals surface area (Å²) < 4.78 is 38.7. The second kappa shape index (κ2) is 9.70. The lowest BCUT2D eigenvalue weighted by molar-refractivity contribution is -0.141. The maximum absolute atomic E-state index is 13.0. The zero-order valence-electron chi connectivity index (χ0n) is 16.5. The van der Waals surface area contributed by atoms with Crippen LogP contribution >= 0.6 is 11.6 Å². The van der Waals surface area contributed by atoms with Crippen molar-refractivity contribution >= 4 is 23.2 Å². The molecule has 1 aliphatic rings. The van der Waals surface area contributed by atoms with Crippen LogP contribution in [0.2, 0.25) is 5.02 Å². The SMILES string of the molecule is Nc1cccc(Cl)c1CN(CCN1CCCCCC1)C(=O)c1cc(C(F)(F)F)[nH]n1. The van der Waals surface area contributed by atoms with Crippen LogP contribution in [0, 0.1) is 0 Å². The average molecular weight is 444 g/mol. The first-order chi connectivity index (χ1) is 14.3. The van der Waals surface area contributed by atoms with Crippen LogP contribution in [0.15, 0.2) is 24.3 Å². The molecule has 0 spiro atoms. The van der Waals surface area contributed by atoms with Gasteiger partial charge in [-0.25, -0.2) is 0 Å². The van der Waals surface area contributed by atoms with Crippen molar-refractivity contribution in [3.8, 4) is 0 Å². The van der Waals surface area contributed by atoms with E-state index >= 15 is 0 Å². The highest BCUT2D eigenvalue weighted by molar-refractivity contribution is 6.31. The van der Waals surface area contributed by atoms with Crippen molar-refractivity contribution in [3.63, 3.8) is 0 Å². The van der Waals surface area contributed by atoms with Gasteiger partial charge in [-0.1, -0.05) is 30.5 Å². The number of alkyl halides is 3. The molecule has 0 saturated carbocycles. The smallest absolute Gasteiger partial charge is 0.398 e. The molecular weight excluding hydrogens is 419 g/mol. The molecule has 10 heteroatoms.